The largest absolute Gasteiger partial charge is 0.392 e. The van der Waals surface area contributed by atoms with E-state index in [1.54, 1.807) is 13.1 Å². The second-order valence-electron chi connectivity index (χ2n) is 4.41. The molecule has 5 heteroatoms. The number of carbonyl (C=O) groups excluding carboxylic acids is 1. The topological polar surface area (TPSA) is 52.6 Å². The van der Waals surface area contributed by atoms with Gasteiger partial charge in [-0.05, 0) is 30.5 Å². The Bertz CT molecular complexity index is 451. The van der Waals surface area contributed by atoms with Crippen LogP contribution in [-0.4, -0.2) is 30.6 Å². The van der Waals surface area contributed by atoms with Gasteiger partial charge in [0.05, 0.1) is 17.3 Å². The third-order valence-corrected chi connectivity index (χ3v) is 3.61. The lowest BCUT2D eigenvalue weighted by atomic mass is 10.1. The van der Waals surface area contributed by atoms with Crippen LogP contribution in [0.5, 0.6) is 0 Å². The Morgan fingerprint density at radius 1 is 1.61 bits per heavy atom. The van der Waals surface area contributed by atoms with Crippen molar-refractivity contribution in [2.75, 3.05) is 18.5 Å². The Morgan fingerprint density at radius 2 is 2.39 bits per heavy atom. The molecule has 0 aliphatic carbocycles. The first-order chi connectivity index (χ1) is 8.67. The highest BCUT2D eigenvalue weighted by Gasteiger charge is 2.31. The minimum absolute atomic E-state index is 0.0230. The summed E-state index contributed by atoms with van der Waals surface area (Å²) < 4.78 is 0. The molecule has 0 spiro atoms. The number of aliphatic hydroxyl groups excluding tert-OH is 1. The van der Waals surface area contributed by atoms with Gasteiger partial charge >= 0.3 is 0 Å². The van der Waals surface area contributed by atoms with Gasteiger partial charge in [0, 0.05) is 13.6 Å². The van der Waals surface area contributed by atoms with Crippen LogP contribution < -0.4 is 10.2 Å². The fourth-order valence-corrected chi connectivity index (χ4v) is 2.69. The summed E-state index contributed by atoms with van der Waals surface area (Å²) in [6.07, 6.45) is 1.83. The fourth-order valence-electron chi connectivity index (χ4n) is 2.38. The summed E-state index contributed by atoms with van der Waals surface area (Å²) in [6, 6.07) is 5.30. The van der Waals surface area contributed by atoms with Crippen LogP contribution in [0.25, 0.3) is 0 Å². The molecule has 1 aliphatic rings. The van der Waals surface area contributed by atoms with E-state index in [0.29, 0.717) is 5.02 Å². The van der Waals surface area contributed by atoms with Crippen molar-refractivity contribution in [3.63, 3.8) is 0 Å². The van der Waals surface area contributed by atoms with E-state index in [-0.39, 0.29) is 18.6 Å². The van der Waals surface area contributed by atoms with Crippen LogP contribution in [0.3, 0.4) is 0 Å². The van der Waals surface area contributed by atoms with Gasteiger partial charge in [0.2, 0.25) is 5.91 Å². The Labute approximate surface area is 112 Å². The molecule has 18 heavy (non-hydrogen) atoms. The minimum Gasteiger partial charge on any atom is -0.392 e. The highest BCUT2D eigenvalue weighted by Crippen LogP contribution is 2.32. The SMILES string of the molecule is CNC(=O)C1CCCN1c1ccc(CO)cc1Cl. The van der Waals surface area contributed by atoms with Crippen LogP contribution in [-0.2, 0) is 11.4 Å². The number of amides is 1. The number of hydrogen-bond acceptors (Lipinski definition) is 3. The molecule has 1 aliphatic heterocycles. The van der Waals surface area contributed by atoms with Gasteiger partial charge in [0.1, 0.15) is 6.04 Å². The van der Waals surface area contributed by atoms with Crippen molar-refractivity contribution in [3.05, 3.63) is 28.8 Å². The molecule has 0 radical (unpaired) electrons. The van der Waals surface area contributed by atoms with Crippen LogP contribution >= 0.6 is 11.6 Å². The van der Waals surface area contributed by atoms with Crippen molar-refractivity contribution >= 4 is 23.2 Å². The number of nitrogens with one attached hydrogen (secondary N) is 1. The normalized spacial score (nSPS) is 19.1. The number of hydrogen-bond donors (Lipinski definition) is 2. The van der Waals surface area contributed by atoms with Crippen LogP contribution in [0, 0.1) is 0 Å². The predicted molar refractivity (Wildman–Crippen MR) is 71.8 cm³/mol. The number of aliphatic hydroxyl groups is 1. The summed E-state index contributed by atoms with van der Waals surface area (Å²) in [4.78, 5) is 13.8. The first-order valence-electron chi connectivity index (χ1n) is 6.05. The highest BCUT2D eigenvalue weighted by molar-refractivity contribution is 6.33. The van der Waals surface area contributed by atoms with Crippen molar-refractivity contribution in [1.82, 2.24) is 5.32 Å². The molecular weight excluding hydrogens is 252 g/mol. The summed E-state index contributed by atoms with van der Waals surface area (Å²) in [7, 11) is 1.65. The van der Waals surface area contributed by atoms with Gasteiger partial charge in [0.25, 0.3) is 0 Å². The predicted octanol–water partition coefficient (Wildman–Crippen LogP) is 1.55. The van der Waals surface area contributed by atoms with Gasteiger partial charge in [-0.1, -0.05) is 17.7 Å². The summed E-state index contributed by atoms with van der Waals surface area (Å²) in [5, 5.41) is 12.3. The molecule has 1 aromatic rings. The molecule has 1 aromatic carbocycles. The van der Waals surface area contributed by atoms with Gasteiger partial charge in [0.15, 0.2) is 0 Å². The molecule has 1 atom stereocenters. The first kappa shape index (κ1) is 13.2. The lowest BCUT2D eigenvalue weighted by Gasteiger charge is -2.26. The second kappa shape index (κ2) is 5.59. The van der Waals surface area contributed by atoms with Gasteiger partial charge in [-0.2, -0.15) is 0 Å². The third kappa shape index (κ3) is 2.44. The molecule has 0 saturated carbocycles. The number of halogens is 1. The number of benzene rings is 1. The monoisotopic (exact) mass is 268 g/mol. The van der Waals surface area contributed by atoms with Gasteiger partial charge in [-0.15, -0.1) is 0 Å². The molecule has 1 amide bonds. The van der Waals surface area contributed by atoms with Gasteiger partial charge in [-0.25, -0.2) is 0 Å². The second-order valence-corrected chi connectivity index (χ2v) is 4.82. The highest BCUT2D eigenvalue weighted by atomic mass is 35.5. The zero-order chi connectivity index (χ0) is 13.1. The van der Waals surface area contributed by atoms with Crippen LogP contribution in [0.15, 0.2) is 18.2 Å². The third-order valence-electron chi connectivity index (χ3n) is 3.31. The number of likely N-dealkylation sites (N-methyl/N-ethyl adjacent to an activating group) is 1. The summed E-state index contributed by atoms with van der Waals surface area (Å²) in [5.74, 6) is 0.0230. The Hall–Kier alpha value is -1.26. The van der Waals surface area contributed by atoms with E-state index < -0.39 is 0 Å². The maximum absolute atomic E-state index is 11.8. The molecule has 98 valence electrons. The van der Waals surface area contributed by atoms with Gasteiger partial charge in [-0.3, -0.25) is 4.79 Å². The molecule has 4 nitrogen and oxygen atoms in total. The van der Waals surface area contributed by atoms with E-state index in [0.717, 1.165) is 30.6 Å². The van der Waals surface area contributed by atoms with Crippen molar-refractivity contribution in [3.8, 4) is 0 Å². The average molecular weight is 269 g/mol. The van der Waals surface area contributed by atoms with Crippen molar-refractivity contribution in [2.45, 2.75) is 25.5 Å². The van der Waals surface area contributed by atoms with E-state index in [4.69, 9.17) is 16.7 Å². The van der Waals surface area contributed by atoms with Gasteiger partial charge < -0.3 is 15.3 Å². The fraction of sp³-hybridized carbons (Fsp3) is 0.462. The quantitative estimate of drug-likeness (QED) is 0.875. The molecule has 1 heterocycles. The standard InChI is InChI=1S/C13H17ClN2O2/c1-15-13(18)12-3-2-6-16(12)11-5-4-9(8-17)7-10(11)14/h4-5,7,12,17H,2-3,6,8H2,1H3,(H,15,18). The smallest absolute Gasteiger partial charge is 0.242 e. The average Bonchev–Trinajstić information content (AvgIpc) is 2.86. The molecule has 2 rings (SSSR count). The van der Waals surface area contributed by atoms with E-state index >= 15 is 0 Å². The van der Waals surface area contributed by atoms with E-state index in [9.17, 15) is 4.79 Å². The van der Waals surface area contributed by atoms with Crippen molar-refractivity contribution in [1.29, 1.82) is 0 Å². The Balaban J connectivity index is 2.27. The lowest BCUT2D eigenvalue weighted by Crippen LogP contribution is -2.42. The van der Waals surface area contributed by atoms with Crippen LogP contribution in [0.1, 0.15) is 18.4 Å². The molecule has 0 aromatic heterocycles. The molecule has 0 bridgehead atoms. The van der Waals surface area contributed by atoms with E-state index in [1.165, 1.54) is 0 Å². The van der Waals surface area contributed by atoms with Crippen LogP contribution in [0.2, 0.25) is 5.02 Å². The number of nitrogens with zero attached hydrogens (tertiary/aromatic N) is 1. The summed E-state index contributed by atoms with van der Waals surface area (Å²) in [5.41, 5.74) is 1.64. The Kier molecular flexibility index (Phi) is 4.09. The molecule has 1 unspecified atom stereocenters. The zero-order valence-electron chi connectivity index (χ0n) is 10.3. The number of carbonyl (C=O) groups is 1. The summed E-state index contributed by atoms with van der Waals surface area (Å²) >= 11 is 6.22. The maximum atomic E-state index is 11.8. The minimum atomic E-state index is -0.146. The van der Waals surface area contributed by atoms with E-state index in [1.807, 2.05) is 17.0 Å². The Morgan fingerprint density at radius 3 is 3.00 bits per heavy atom. The maximum Gasteiger partial charge on any atom is 0.242 e. The lowest BCUT2D eigenvalue weighted by molar-refractivity contribution is -0.121. The van der Waals surface area contributed by atoms with Crippen molar-refractivity contribution < 1.29 is 9.90 Å². The molecule has 2 N–H and O–H groups in total. The number of rotatable bonds is 3. The summed E-state index contributed by atoms with van der Waals surface area (Å²) in [6.45, 7) is 0.801. The van der Waals surface area contributed by atoms with E-state index in [2.05, 4.69) is 5.32 Å². The molecule has 1 fully saturated rings. The number of anilines is 1. The van der Waals surface area contributed by atoms with Crippen molar-refractivity contribution in [2.24, 2.45) is 0 Å². The first-order valence-corrected chi connectivity index (χ1v) is 6.42. The zero-order valence-corrected chi connectivity index (χ0v) is 11.1. The van der Waals surface area contributed by atoms with Crippen LogP contribution in [0.4, 0.5) is 5.69 Å². The molecule has 1 saturated heterocycles. The molecular formula is C13H17ClN2O2.